The maximum absolute atomic E-state index is 10.1. The Morgan fingerprint density at radius 1 is 1.16 bits per heavy atom. The first-order valence-electron chi connectivity index (χ1n) is 6.41. The quantitative estimate of drug-likeness (QED) is 0.737. The van der Waals surface area contributed by atoms with E-state index in [9.17, 15) is 5.11 Å². The second kappa shape index (κ2) is 5.76. The summed E-state index contributed by atoms with van der Waals surface area (Å²) in [5, 5.41) is 13.4. The van der Waals surface area contributed by atoms with Gasteiger partial charge in [-0.3, -0.25) is 0 Å². The highest BCUT2D eigenvalue weighted by molar-refractivity contribution is 5.52. The number of benzene rings is 2. The number of hydrogen-bond acceptors (Lipinski definition) is 3. The topological polar surface area (TPSA) is 58.3 Å². The van der Waals surface area contributed by atoms with Gasteiger partial charge in [0.05, 0.1) is 6.10 Å². The molecule has 4 N–H and O–H groups in total. The van der Waals surface area contributed by atoms with E-state index in [0.717, 1.165) is 11.3 Å². The highest BCUT2D eigenvalue weighted by Crippen LogP contribution is 2.20. The molecule has 1 unspecified atom stereocenters. The molecule has 3 nitrogen and oxygen atoms in total. The van der Waals surface area contributed by atoms with Crippen LogP contribution in [0.2, 0.25) is 0 Å². The van der Waals surface area contributed by atoms with Crippen molar-refractivity contribution in [1.82, 2.24) is 0 Å². The smallest absolute Gasteiger partial charge is 0.0963 e. The number of nitrogens with two attached hydrogens (primary N) is 1. The Hall–Kier alpha value is -2.00. The van der Waals surface area contributed by atoms with E-state index in [2.05, 4.69) is 37.4 Å². The van der Waals surface area contributed by atoms with Crippen LogP contribution in [0.25, 0.3) is 0 Å². The van der Waals surface area contributed by atoms with Crippen LogP contribution in [-0.4, -0.2) is 11.7 Å². The van der Waals surface area contributed by atoms with Crippen molar-refractivity contribution in [3.63, 3.8) is 0 Å². The molecule has 0 radical (unpaired) electrons. The molecule has 2 aromatic carbocycles. The molecule has 0 bridgehead atoms. The van der Waals surface area contributed by atoms with Gasteiger partial charge in [-0.1, -0.05) is 24.3 Å². The van der Waals surface area contributed by atoms with Crippen LogP contribution in [-0.2, 0) is 0 Å². The lowest BCUT2D eigenvalue weighted by Crippen LogP contribution is -2.13. The average Bonchev–Trinajstić information content (AvgIpc) is 2.39. The molecule has 0 amide bonds. The van der Waals surface area contributed by atoms with Crippen molar-refractivity contribution in [3.8, 4) is 0 Å². The fraction of sp³-hybridized carbons (Fsp3) is 0.250. The first kappa shape index (κ1) is 13.4. The lowest BCUT2D eigenvalue weighted by molar-refractivity contribution is 0.191. The van der Waals surface area contributed by atoms with Crippen LogP contribution in [0.15, 0.2) is 42.5 Å². The molecule has 0 saturated carbocycles. The molecule has 2 rings (SSSR count). The maximum atomic E-state index is 10.1. The average molecular weight is 256 g/mol. The monoisotopic (exact) mass is 256 g/mol. The lowest BCUT2D eigenvalue weighted by atomic mass is 10.1. The minimum absolute atomic E-state index is 0.466. The summed E-state index contributed by atoms with van der Waals surface area (Å²) in [5.41, 5.74) is 10.6. The molecule has 0 fully saturated rings. The summed E-state index contributed by atoms with van der Waals surface area (Å²) in [6.45, 7) is 4.57. The summed E-state index contributed by atoms with van der Waals surface area (Å²) in [5.74, 6) is 0. The number of aryl methyl sites for hydroxylation is 2. The first-order chi connectivity index (χ1) is 9.06. The van der Waals surface area contributed by atoms with Gasteiger partial charge in [0.1, 0.15) is 0 Å². The number of aliphatic hydroxyl groups is 1. The van der Waals surface area contributed by atoms with Crippen LogP contribution < -0.4 is 11.1 Å². The van der Waals surface area contributed by atoms with Gasteiger partial charge >= 0.3 is 0 Å². The summed E-state index contributed by atoms with van der Waals surface area (Å²) >= 11 is 0. The van der Waals surface area contributed by atoms with E-state index >= 15 is 0 Å². The number of aliphatic hydroxyl groups excluding tert-OH is 1. The van der Waals surface area contributed by atoms with Gasteiger partial charge < -0.3 is 16.2 Å². The van der Waals surface area contributed by atoms with Crippen LogP contribution in [0.3, 0.4) is 0 Å². The molecule has 0 saturated heterocycles. The summed E-state index contributed by atoms with van der Waals surface area (Å²) in [6.07, 6.45) is -0.566. The summed E-state index contributed by atoms with van der Waals surface area (Å²) in [4.78, 5) is 0. The van der Waals surface area contributed by atoms with E-state index in [1.54, 1.807) is 6.07 Å². The highest BCUT2D eigenvalue weighted by atomic mass is 16.3. The van der Waals surface area contributed by atoms with Crippen molar-refractivity contribution in [3.05, 3.63) is 59.2 Å². The maximum Gasteiger partial charge on any atom is 0.0963 e. The molecule has 0 aromatic heterocycles. The van der Waals surface area contributed by atoms with Gasteiger partial charge in [-0.15, -0.1) is 0 Å². The second-order valence-corrected chi connectivity index (χ2v) is 4.89. The second-order valence-electron chi connectivity index (χ2n) is 4.89. The van der Waals surface area contributed by atoms with Gasteiger partial charge in [0.25, 0.3) is 0 Å². The molecular weight excluding hydrogens is 236 g/mol. The Labute approximate surface area is 114 Å². The molecular formula is C16H20N2O. The molecule has 0 heterocycles. The Kier molecular flexibility index (Phi) is 4.07. The third kappa shape index (κ3) is 3.48. The van der Waals surface area contributed by atoms with Crippen LogP contribution in [0.1, 0.15) is 22.8 Å². The molecule has 100 valence electrons. The van der Waals surface area contributed by atoms with E-state index in [1.807, 2.05) is 18.2 Å². The largest absolute Gasteiger partial charge is 0.399 e. The van der Waals surface area contributed by atoms with Crippen molar-refractivity contribution in [2.45, 2.75) is 20.0 Å². The Morgan fingerprint density at radius 2 is 1.95 bits per heavy atom. The van der Waals surface area contributed by atoms with E-state index in [1.165, 1.54) is 11.1 Å². The van der Waals surface area contributed by atoms with Gasteiger partial charge in [0.15, 0.2) is 0 Å². The fourth-order valence-corrected chi connectivity index (χ4v) is 2.02. The Morgan fingerprint density at radius 3 is 2.68 bits per heavy atom. The Bertz CT molecular complexity index is 566. The minimum Gasteiger partial charge on any atom is -0.399 e. The highest BCUT2D eigenvalue weighted by Gasteiger charge is 2.08. The summed E-state index contributed by atoms with van der Waals surface area (Å²) in [6, 6.07) is 13.6. The van der Waals surface area contributed by atoms with Gasteiger partial charge in [0, 0.05) is 17.9 Å². The third-order valence-corrected chi connectivity index (χ3v) is 3.17. The van der Waals surface area contributed by atoms with Gasteiger partial charge in [-0.05, 0) is 48.7 Å². The van der Waals surface area contributed by atoms with E-state index in [-0.39, 0.29) is 0 Å². The number of anilines is 2. The molecule has 2 aromatic rings. The summed E-state index contributed by atoms with van der Waals surface area (Å²) < 4.78 is 0. The Balaban J connectivity index is 2.04. The number of rotatable bonds is 4. The fourth-order valence-electron chi connectivity index (χ4n) is 2.02. The molecule has 0 spiro atoms. The zero-order chi connectivity index (χ0) is 13.8. The third-order valence-electron chi connectivity index (χ3n) is 3.17. The molecule has 1 atom stereocenters. The van der Waals surface area contributed by atoms with Crippen molar-refractivity contribution in [2.75, 3.05) is 17.6 Å². The lowest BCUT2D eigenvalue weighted by Gasteiger charge is -2.15. The zero-order valence-corrected chi connectivity index (χ0v) is 11.4. The van der Waals surface area contributed by atoms with Gasteiger partial charge in [0.2, 0.25) is 0 Å². The minimum atomic E-state index is -0.566. The predicted octanol–water partition coefficient (Wildman–Crippen LogP) is 3.03. The molecule has 0 aliphatic heterocycles. The predicted molar refractivity (Wildman–Crippen MR) is 80.2 cm³/mol. The summed E-state index contributed by atoms with van der Waals surface area (Å²) in [7, 11) is 0. The van der Waals surface area contributed by atoms with Crippen LogP contribution in [0, 0.1) is 13.8 Å². The molecule has 0 aliphatic rings. The van der Waals surface area contributed by atoms with Crippen LogP contribution in [0.4, 0.5) is 11.4 Å². The number of hydrogen-bond donors (Lipinski definition) is 3. The van der Waals surface area contributed by atoms with Crippen molar-refractivity contribution >= 4 is 11.4 Å². The normalized spacial score (nSPS) is 12.2. The standard InChI is InChI=1S/C16H20N2O/c1-11-6-7-12(2)15(8-11)18-10-16(19)13-4-3-5-14(17)9-13/h3-9,16,18-19H,10,17H2,1-2H3. The van der Waals surface area contributed by atoms with Crippen molar-refractivity contribution < 1.29 is 5.11 Å². The van der Waals surface area contributed by atoms with Crippen molar-refractivity contribution in [2.24, 2.45) is 0 Å². The van der Waals surface area contributed by atoms with Gasteiger partial charge in [-0.25, -0.2) is 0 Å². The first-order valence-corrected chi connectivity index (χ1v) is 6.41. The molecule has 0 aliphatic carbocycles. The SMILES string of the molecule is Cc1ccc(C)c(NCC(O)c2cccc(N)c2)c1. The van der Waals surface area contributed by atoms with E-state index in [4.69, 9.17) is 5.73 Å². The van der Waals surface area contributed by atoms with Crippen LogP contribution in [0.5, 0.6) is 0 Å². The van der Waals surface area contributed by atoms with Gasteiger partial charge in [-0.2, -0.15) is 0 Å². The zero-order valence-electron chi connectivity index (χ0n) is 11.4. The van der Waals surface area contributed by atoms with E-state index in [0.29, 0.717) is 12.2 Å². The molecule has 19 heavy (non-hydrogen) atoms. The van der Waals surface area contributed by atoms with Crippen molar-refractivity contribution in [1.29, 1.82) is 0 Å². The number of nitrogens with one attached hydrogen (secondary N) is 1. The van der Waals surface area contributed by atoms with E-state index < -0.39 is 6.10 Å². The van der Waals surface area contributed by atoms with Crippen LogP contribution >= 0.6 is 0 Å². The number of nitrogen functional groups attached to an aromatic ring is 1. The molecule has 3 heteroatoms.